The van der Waals surface area contributed by atoms with Crippen LogP contribution in [0.25, 0.3) is 0 Å². The summed E-state index contributed by atoms with van der Waals surface area (Å²) in [6.07, 6.45) is 0. The van der Waals surface area contributed by atoms with Crippen molar-refractivity contribution in [3.63, 3.8) is 0 Å². The van der Waals surface area contributed by atoms with E-state index in [1.807, 2.05) is 0 Å². The third-order valence-electron chi connectivity index (χ3n) is 4.73. The molecule has 0 saturated carbocycles. The Labute approximate surface area is 192 Å². The molecule has 0 radical (unpaired) electrons. The van der Waals surface area contributed by atoms with Crippen LogP contribution in [0.15, 0.2) is 77.7 Å². The first-order chi connectivity index (χ1) is 15.8. The van der Waals surface area contributed by atoms with Gasteiger partial charge in [0.1, 0.15) is 28.8 Å². The predicted molar refractivity (Wildman–Crippen MR) is 120 cm³/mol. The van der Waals surface area contributed by atoms with Crippen molar-refractivity contribution in [2.45, 2.75) is 18.0 Å². The van der Waals surface area contributed by atoms with Crippen LogP contribution in [0, 0.1) is 5.82 Å². The van der Waals surface area contributed by atoms with E-state index in [4.69, 9.17) is 13.7 Å². The van der Waals surface area contributed by atoms with Crippen molar-refractivity contribution in [3.8, 4) is 11.5 Å². The Hall–Kier alpha value is -3.43. The van der Waals surface area contributed by atoms with E-state index >= 15 is 0 Å². The molecule has 0 aliphatic rings. The lowest BCUT2D eigenvalue weighted by Crippen LogP contribution is -2.32. The Morgan fingerprint density at radius 1 is 0.879 bits per heavy atom. The lowest BCUT2D eigenvalue weighted by Gasteiger charge is -2.23. The minimum atomic E-state index is -4.05. The maximum atomic E-state index is 13.2. The van der Waals surface area contributed by atoms with E-state index in [1.165, 1.54) is 61.6 Å². The van der Waals surface area contributed by atoms with Gasteiger partial charge in [-0.2, -0.15) is 8.42 Å². The molecule has 0 aliphatic carbocycles. The smallest absolute Gasteiger partial charge is 0.339 e. The van der Waals surface area contributed by atoms with E-state index in [1.54, 1.807) is 30.3 Å². The van der Waals surface area contributed by atoms with Crippen molar-refractivity contribution >= 4 is 16.0 Å². The molecular weight excluding hydrogens is 449 g/mol. The van der Waals surface area contributed by atoms with Crippen LogP contribution in [0.1, 0.15) is 11.1 Å². The second-order valence-corrected chi connectivity index (χ2v) is 8.72. The monoisotopic (exact) mass is 473 g/mol. The predicted octanol–water partition coefficient (Wildman–Crippen LogP) is 3.78. The molecule has 0 spiro atoms. The highest BCUT2D eigenvalue weighted by Crippen LogP contribution is 2.23. The molecule has 0 bridgehead atoms. The largest absolute Gasteiger partial charge is 0.497 e. The van der Waals surface area contributed by atoms with Crippen LogP contribution in [0.3, 0.4) is 0 Å². The van der Waals surface area contributed by atoms with Crippen molar-refractivity contribution in [2.75, 3.05) is 20.8 Å². The second kappa shape index (κ2) is 10.9. The van der Waals surface area contributed by atoms with Gasteiger partial charge in [0.15, 0.2) is 0 Å². The first-order valence-corrected chi connectivity index (χ1v) is 11.4. The minimum Gasteiger partial charge on any atom is -0.497 e. The number of hydrogen-bond acceptors (Lipinski definition) is 6. The standard InChI is InChI=1S/C24H24FNO6S/c1-30-17-24(27)26(15-18-6-8-20(25)9-7-18)16-19-4-3-5-22(14-19)32-33(28,29)23-12-10-21(31-2)11-13-23/h3-14H,15-17H2,1-2H3. The molecule has 0 heterocycles. The van der Waals surface area contributed by atoms with Gasteiger partial charge in [0, 0.05) is 20.2 Å². The number of carbonyl (C=O) groups is 1. The summed E-state index contributed by atoms with van der Waals surface area (Å²) in [5.41, 5.74) is 1.40. The normalized spacial score (nSPS) is 11.1. The maximum Gasteiger partial charge on any atom is 0.339 e. The molecule has 33 heavy (non-hydrogen) atoms. The second-order valence-electron chi connectivity index (χ2n) is 7.17. The Morgan fingerprint density at radius 3 is 2.18 bits per heavy atom. The zero-order chi connectivity index (χ0) is 23.8. The van der Waals surface area contributed by atoms with Gasteiger partial charge in [-0.25, -0.2) is 4.39 Å². The quantitative estimate of drug-likeness (QED) is 0.417. The van der Waals surface area contributed by atoms with Crippen LogP contribution < -0.4 is 8.92 Å². The summed E-state index contributed by atoms with van der Waals surface area (Å²) in [6.45, 7) is 0.292. The third kappa shape index (κ3) is 6.77. The summed E-state index contributed by atoms with van der Waals surface area (Å²) in [7, 11) is -1.14. The van der Waals surface area contributed by atoms with Crippen molar-refractivity contribution in [2.24, 2.45) is 0 Å². The molecule has 0 atom stereocenters. The van der Waals surface area contributed by atoms with E-state index in [-0.39, 0.29) is 42.1 Å². The van der Waals surface area contributed by atoms with Gasteiger partial charge in [0.2, 0.25) is 5.91 Å². The molecule has 0 N–H and O–H groups in total. The summed E-state index contributed by atoms with van der Waals surface area (Å²) in [5.74, 6) is 0.0117. The highest BCUT2D eigenvalue weighted by atomic mass is 32.2. The van der Waals surface area contributed by atoms with Gasteiger partial charge in [0.05, 0.1) is 7.11 Å². The van der Waals surface area contributed by atoms with Crippen LogP contribution in [-0.2, 0) is 32.7 Å². The fourth-order valence-electron chi connectivity index (χ4n) is 3.09. The zero-order valence-electron chi connectivity index (χ0n) is 18.2. The number of hydrogen-bond donors (Lipinski definition) is 0. The summed E-state index contributed by atoms with van der Waals surface area (Å²) in [4.78, 5) is 14.1. The first-order valence-electron chi connectivity index (χ1n) is 9.99. The fourth-order valence-corrected chi connectivity index (χ4v) is 4.01. The Bertz CT molecular complexity index is 1180. The summed E-state index contributed by atoms with van der Waals surface area (Å²) in [6, 6.07) is 18.2. The molecule has 3 aromatic rings. The summed E-state index contributed by atoms with van der Waals surface area (Å²) in [5, 5.41) is 0. The Kier molecular flexibility index (Phi) is 8.02. The maximum absolute atomic E-state index is 13.2. The van der Waals surface area contributed by atoms with E-state index in [2.05, 4.69) is 0 Å². The molecule has 174 valence electrons. The van der Waals surface area contributed by atoms with Crippen LogP contribution in [0.2, 0.25) is 0 Å². The van der Waals surface area contributed by atoms with E-state index < -0.39 is 10.1 Å². The number of halogens is 1. The van der Waals surface area contributed by atoms with E-state index in [0.29, 0.717) is 11.3 Å². The minimum absolute atomic E-state index is 0.0121. The van der Waals surface area contributed by atoms with Crippen LogP contribution in [0.4, 0.5) is 4.39 Å². The molecule has 0 aliphatic heterocycles. The number of carbonyl (C=O) groups excluding carboxylic acids is 1. The molecule has 0 unspecified atom stereocenters. The van der Waals surface area contributed by atoms with Crippen molar-refractivity contribution in [1.82, 2.24) is 4.90 Å². The fraction of sp³-hybridized carbons (Fsp3) is 0.208. The molecule has 0 saturated heterocycles. The molecule has 3 aromatic carbocycles. The van der Waals surface area contributed by atoms with Gasteiger partial charge in [-0.15, -0.1) is 0 Å². The zero-order valence-corrected chi connectivity index (χ0v) is 19.0. The molecule has 3 rings (SSSR count). The van der Waals surface area contributed by atoms with Gasteiger partial charge in [-0.1, -0.05) is 24.3 Å². The number of methoxy groups -OCH3 is 2. The van der Waals surface area contributed by atoms with Crippen molar-refractivity contribution in [1.29, 1.82) is 0 Å². The van der Waals surface area contributed by atoms with Crippen molar-refractivity contribution in [3.05, 3.63) is 89.7 Å². The number of benzene rings is 3. The number of nitrogens with zero attached hydrogens (tertiary/aromatic N) is 1. The van der Waals surface area contributed by atoms with Gasteiger partial charge in [0.25, 0.3) is 0 Å². The number of rotatable bonds is 10. The van der Waals surface area contributed by atoms with Crippen LogP contribution in [-0.4, -0.2) is 40.1 Å². The molecule has 0 aromatic heterocycles. The Balaban J connectivity index is 1.77. The highest BCUT2D eigenvalue weighted by Gasteiger charge is 2.18. The van der Waals surface area contributed by atoms with Gasteiger partial charge in [-0.05, 0) is 59.7 Å². The molecule has 9 heteroatoms. The molecular formula is C24H24FNO6S. The third-order valence-corrected chi connectivity index (χ3v) is 5.99. The van der Waals surface area contributed by atoms with E-state index in [0.717, 1.165) is 5.56 Å². The number of ether oxygens (including phenoxy) is 2. The highest BCUT2D eigenvalue weighted by molar-refractivity contribution is 7.87. The van der Waals surface area contributed by atoms with Gasteiger partial charge in [-0.3, -0.25) is 4.79 Å². The molecule has 1 amide bonds. The lowest BCUT2D eigenvalue weighted by atomic mass is 10.1. The van der Waals surface area contributed by atoms with Gasteiger partial charge < -0.3 is 18.6 Å². The van der Waals surface area contributed by atoms with Crippen LogP contribution in [0.5, 0.6) is 11.5 Å². The van der Waals surface area contributed by atoms with E-state index in [9.17, 15) is 17.6 Å². The lowest BCUT2D eigenvalue weighted by molar-refractivity contribution is -0.136. The van der Waals surface area contributed by atoms with Gasteiger partial charge >= 0.3 is 10.1 Å². The summed E-state index contributed by atoms with van der Waals surface area (Å²) < 4.78 is 53.8. The topological polar surface area (TPSA) is 82.1 Å². The average molecular weight is 474 g/mol. The first kappa shape index (κ1) is 24.2. The SMILES string of the molecule is COCC(=O)N(Cc1ccc(F)cc1)Cc1cccc(OS(=O)(=O)c2ccc(OC)cc2)c1. The average Bonchev–Trinajstić information content (AvgIpc) is 2.80. The molecule has 0 fully saturated rings. The number of amides is 1. The molecule has 7 nitrogen and oxygen atoms in total. The van der Waals surface area contributed by atoms with Crippen LogP contribution >= 0.6 is 0 Å². The van der Waals surface area contributed by atoms with Crippen molar-refractivity contribution < 1.29 is 31.3 Å². The summed E-state index contributed by atoms with van der Waals surface area (Å²) >= 11 is 0. The Morgan fingerprint density at radius 2 is 1.55 bits per heavy atom.